The Balaban J connectivity index is 4.48. The summed E-state index contributed by atoms with van der Waals surface area (Å²) in [5.41, 5.74) is 0. The maximum Gasteiger partial charge on any atom is 0.306 e. The van der Waals surface area contributed by atoms with Crippen LogP contribution in [0, 0.1) is 0 Å². The summed E-state index contributed by atoms with van der Waals surface area (Å²) in [6.07, 6.45) is 75.9. The average Bonchev–Trinajstić information content (AvgIpc) is 3.36. The normalized spacial score (nSPS) is 12.7. The minimum absolute atomic E-state index is 0.102. The first kappa shape index (κ1) is 66.6. The number of esters is 3. The third-order valence-electron chi connectivity index (χ3n) is 12.6. The fourth-order valence-corrected chi connectivity index (χ4v) is 8.23. The van der Waals surface area contributed by atoms with Gasteiger partial charge < -0.3 is 14.2 Å². The van der Waals surface area contributed by atoms with Crippen molar-refractivity contribution < 1.29 is 28.6 Å². The van der Waals surface area contributed by atoms with E-state index in [-0.39, 0.29) is 37.5 Å². The Morgan fingerprint density at radius 1 is 0.300 bits per heavy atom. The minimum Gasteiger partial charge on any atom is -0.462 e. The maximum absolute atomic E-state index is 12.9. The molecular weight excluding hydrogens is 865 g/mol. The van der Waals surface area contributed by atoms with Gasteiger partial charge in [-0.25, -0.2) is 0 Å². The number of carbonyl (C=O) groups is 3. The Morgan fingerprint density at radius 2 is 0.586 bits per heavy atom. The molecule has 0 heterocycles. The van der Waals surface area contributed by atoms with Crippen molar-refractivity contribution in [2.45, 2.75) is 290 Å². The average molecular weight is 976 g/mol. The van der Waals surface area contributed by atoms with Crippen LogP contribution in [0.4, 0.5) is 0 Å². The van der Waals surface area contributed by atoms with Crippen LogP contribution in [0.15, 0.2) is 85.1 Å². The van der Waals surface area contributed by atoms with Gasteiger partial charge in [0.2, 0.25) is 0 Å². The van der Waals surface area contributed by atoms with Gasteiger partial charge in [0.1, 0.15) is 13.2 Å². The molecule has 0 radical (unpaired) electrons. The number of ether oxygens (including phenoxy) is 3. The molecule has 1 atom stereocenters. The SMILES string of the molecule is CC/C=C\C/C=C\C/C=C\C/C=C\C/C=C\C/C=C\CCC(=O)OCC(COC(=O)CCCCCCC/C=C\CCCCCCCC)OC(=O)CCCCCCCCCCCCCCCCCCCC. The van der Waals surface area contributed by atoms with Crippen molar-refractivity contribution in [2.24, 2.45) is 0 Å². The molecule has 0 aliphatic rings. The first-order valence-electron chi connectivity index (χ1n) is 29.6. The van der Waals surface area contributed by atoms with Gasteiger partial charge in [-0.3, -0.25) is 14.4 Å². The molecule has 0 aromatic rings. The van der Waals surface area contributed by atoms with Gasteiger partial charge >= 0.3 is 17.9 Å². The lowest BCUT2D eigenvalue weighted by atomic mass is 10.0. The van der Waals surface area contributed by atoms with E-state index in [1.54, 1.807) is 0 Å². The Bertz CT molecular complexity index is 1350. The van der Waals surface area contributed by atoms with Gasteiger partial charge in [0.15, 0.2) is 6.10 Å². The quantitative estimate of drug-likeness (QED) is 0.0261. The fraction of sp³-hybridized carbons (Fsp3) is 0.734. The lowest BCUT2D eigenvalue weighted by Crippen LogP contribution is -2.30. The number of rotatable bonds is 53. The second-order valence-corrected chi connectivity index (χ2v) is 19.5. The Hall–Kier alpha value is -3.41. The molecule has 70 heavy (non-hydrogen) atoms. The molecule has 0 saturated carbocycles. The van der Waals surface area contributed by atoms with Gasteiger partial charge in [0.05, 0.1) is 0 Å². The lowest BCUT2D eigenvalue weighted by Gasteiger charge is -2.18. The smallest absolute Gasteiger partial charge is 0.306 e. The van der Waals surface area contributed by atoms with E-state index in [1.807, 2.05) is 6.08 Å². The molecule has 402 valence electrons. The predicted octanol–water partition coefficient (Wildman–Crippen LogP) is 19.9. The van der Waals surface area contributed by atoms with Crippen LogP contribution in [0.5, 0.6) is 0 Å². The Kier molecular flexibility index (Phi) is 55.3. The summed E-state index contributed by atoms with van der Waals surface area (Å²) < 4.78 is 16.8. The predicted molar refractivity (Wildman–Crippen MR) is 302 cm³/mol. The Morgan fingerprint density at radius 3 is 0.957 bits per heavy atom. The van der Waals surface area contributed by atoms with E-state index < -0.39 is 6.10 Å². The molecule has 0 bridgehead atoms. The third-order valence-corrected chi connectivity index (χ3v) is 12.6. The van der Waals surface area contributed by atoms with Crippen LogP contribution in [-0.2, 0) is 28.6 Å². The Labute approximate surface area is 433 Å². The molecule has 0 fully saturated rings. The van der Waals surface area contributed by atoms with E-state index in [4.69, 9.17) is 14.2 Å². The molecule has 6 heteroatoms. The summed E-state index contributed by atoms with van der Waals surface area (Å²) in [6, 6.07) is 0. The monoisotopic (exact) mass is 975 g/mol. The molecule has 0 spiro atoms. The van der Waals surface area contributed by atoms with Gasteiger partial charge in [-0.1, -0.05) is 266 Å². The summed E-state index contributed by atoms with van der Waals surface area (Å²) in [6.45, 7) is 6.48. The minimum atomic E-state index is -0.809. The third kappa shape index (κ3) is 55.5. The molecule has 0 aromatic heterocycles. The van der Waals surface area contributed by atoms with Crippen molar-refractivity contribution in [1.29, 1.82) is 0 Å². The highest BCUT2D eigenvalue weighted by Gasteiger charge is 2.19. The zero-order valence-electron chi connectivity index (χ0n) is 46.0. The van der Waals surface area contributed by atoms with Gasteiger partial charge in [0, 0.05) is 19.3 Å². The molecule has 1 unspecified atom stereocenters. The van der Waals surface area contributed by atoms with E-state index >= 15 is 0 Å². The highest BCUT2D eigenvalue weighted by atomic mass is 16.6. The van der Waals surface area contributed by atoms with E-state index in [1.165, 1.54) is 154 Å². The number of unbranched alkanes of at least 4 members (excludes halogenated alkanes) is 28. The molecule has 0 N–H and O–H groups in total. The van der Waals surface area contributed by atoms with Gasteiger partial charge in [0.25, 0.3) is 0 Å². The van der Waals surface area contributed by atoms with Crippen molar-refractivity contribution in [3.05, 3.63) is 85.1 Å². The topological polar surface area (TPSA) is 78.9 Å². The maximum atomic E-state index is 12.9. The van der Waals surface area contributed by atoms with Crippen molar-refractivity contribution >= 4 is 17.9 Å². The zero-order valence-corrected chi connectivity index (χ0v) is 46.0. The molecule has 0 saturated heterocycles. The van der Waals surface area contributed by atoms with Gasteiger partial charge in [-0.05, 0) is 83.5 Å². The van der Waals surface area contributed by atoms with Crippen LogP contribution >= 0.6 is 0 Å². The number of carbonyl (C=O) groups excluding carboxylic acids is 3. The second kappa shape index (κ2) is 58.2. The van der Waals surface area contributed by atoms with Gasteiger partial charge in [-0.15, -0.1) is 0 Å². The number of allylic oxidation sites excluding steroid dienone is 14. The van der Waals surface area contributed by atoms with Crippen LogP contribution in [0.25, 0.3) is 0 Å². The van der Waals surface area contributed by atoms with E-state index in [2.05, 4.69) is 99.8 Å². The molecule has 0 rings (SSSR count). The highest BCUT2D eigenvalue weighted by molar-refractivity contribution is 5.71. The van der Waals surface area contributed by atoms with E-state index in [9.17, 15) is 14.4 Å². The van der Waals surface area contributed by atoms with Gasteiger partial charge in [-0.2, -0.15) is 0 Å². The van der Waals surface area contributed by atoms with Crippen molar-refractivity contribution in [3.8, 4) is 0 Å². The molecular formula is C64H110O6. The van der Waals surface area contributed by atoms with E-state index in [0.717, 1.165) is 83.5 Å². The number of hydrogen-bond acceptors (Lipinski definition) is 6. The summed E-state index contributed by atoms with van der Waals surface area (Å²) in [5, 5.41) is 0. The number of hydrogen-bond donors (Lipinski definition) is 0. The van der Waals surface area contributed by atoms with Crippen molar-refractivity contribution in [3.63, 3.8) is 0 Å². The van der Waals surface area contributed by atoms with Crippen molar-refractivity contribution in [1.82, 2.24) is 0 Å². The van der Waals surface area contributed by atoms with Crippen LogP contribution in [0.1, 0.15) is 284 Å². The van der Waals surface area contributed by atoms with E-state index in [0.29, 0.717) is 19.3 Å². The highest BCUT2D eigenvalue weighted by Crippen LogP contribution is 2.16. The first-order valence-corrected chi connectivity index (χ1v) is 29.6. The first-order chi connectivity index (χ1) is 34.5. The summed E-state index contributed by atoms with van der Waals surface area (Å²) >= 11 is 0. The molecule has 0 aliphatic heterocycles. The molecule has 0 aromatic carbocycles. The molecule has 6 nitrogen and oxygen atoms in total. The lowest BCUT2D eigenvalue weighted by molar-refractivity contribution is -0.166. The summed E-state index contributed by atoms with van der Waals surface area (Å²) in [7, 11) is 0. The summed E-state index contributed by atoms with van der Waals surface area (Å²) in [4.78, 5) is 38.2. The fourth-order valence-electron chi connectivity index (χ4n) is 8.23. The van der Waals surface area contributed by atoms with Crippen LogP contribution in [0.2, 0.25) is 0 Å². The largest absolute Gasteiger partial charge is 0.462 e. The standard InChI is InChI=1S/C64H110O6/c1-4-7-10-13-16-19-22-25-28-30-32-34-36-39-42-45-48-51-54-57-63(66)69-60-61(59-68-62(65)56-53-50-47-44-41-38-35-27-24-21-18-15-12-9-6-3)70-64(67)58-55-52-49-46-43-40-37-33-31-29-26-23-20-17-14-11-8-5-2/h7,10,16,19,25,27-28,32,34-35,39,42,48,51,61H,4-6,8-9,11-15,17-18,20-24,26,29-31,33,36-38,40-41,43-47,49-50,52-60H2,1-3H3/b10-7-,19-16-,28-25-,34-32-,35-27-,42-39-,51-48-. The van der Waals surface area contributed by atoms with Crippen molar-refractivity contribution in [2.75, 3.05) is 13.2 Å². The second-order valence-electron chi connectivity index (χ2n) is 19.5. The summed E-state index contributed by atoms with van der Waals surface area (Å²) in [5.74, 6) is -0.987. The zero-order chi connectivity index (χ0) is 50.7. The molecule has 0 aliphatic carbocycles. The van der Waals surface area contributed by atoms with Crippen LogP contribution in [-0.4, -0.2) is 37.2 Å². The van der Waals surface area contributed by atoms with Crippen LogP contribution in [0.3, 0.4) is 0 Å². The molecule has 0 amide bonds. The van der Waals surface area contributed by atoms with Crippen LogP contribution < -0.4 is 0 Å².